The van der Waals surface area contributed by atoms with Gasteiger partial charge in [-0.25, -0.2) is 0 Å². The highest BCUT2D eigenvalue weighted by Crippen LogP contribution is 2.42. The third-order valence-electron chi connectivity index (χ3n) is 11.3. The van der Waals surface area contributed by atoms with Crippen molar-refractivity contribution in [1.82, 2.24) is 0 Å². The van der Waals surface area contributed by atoms with Gasteiger partial charge in [0, 0.05) is 64.0 Å². The van der Waals surface area contributed by atoms with E-state index < -0.39 is 0 Å². The summed E-state index contributed by atoms with van der Waals surface area (Å²) in [5.74, 6) is 13.7. The fraction of sp³-hybridized carbons (Fsp3) is 0. The van der Waals surface area contributed by atoms with Gasteiger partial charge in [-0.3, -0.25) is 0 Å². The summed E-state index contributed by atoms with van der Waals surface area (Å²) in [4.78, 5) is 0. The Labute approximate surface area is 326 Å². The van der Waals surface area contributed by atoms with Crippen LogP contribution >= 0.6 is 11.3 Å². The molecule has 0 spiro atoms. The SMILES string of the molecule is C(#Cc1ccc2c(c1)oc1c2ccc2c1ccc1c3ccc(C#Cc4ccc5c(ccc6ccccc65)c4)cc3sc12)c1ccc2c(ccc3ccccc32)c1. The summed E-state index contributed by atoms with van der Waals surface area (Å²) in [5.41, 5.74) is 5.72. The zero-order valence-corrected chi connectivity index (χ0v) is 30.8. The van der Waals surface area contributed by atoms with Crippen molar-refractivity contribution in [3.63, 3.8) is 0 Å². The van der Waals surface area contributed by atoms with E-state index in [1.54, 1.807) is 0 Å². The number of rotatable bonds is 0. The third-order valence-corrected chi connectivity index (χ3v) is 12.5. The summed E-state index contributed by atoms with van der Waals surface area (Å²) in [5, 5.41) is 17.0. The Bertz CT molecular complexity index is 3530. The third kappa shape index (κ3) is 4.91. The van der Waals surface area contributed by atoms with Crippen molar-refractivity contribution in [3.8, 4) is 23.7 Å². The summed E-state index contributed by atoms with van der Waals surface area (Å²) in [6.07, 6.45) is 0. The Morgan fingerprint density at radius 1 is 0.321 bits per heavy atom. The van der Waals surface area contributed by atoms with E-state index in [-0.39, 0.29) is 0 Å². The fourth-order valence-corrected chi connectivity index (χ4v) is 9.77. The van der Waals surface area contributed by atoms with Crippen molar-refractivity contribution in [2.45, 2.75) is 0 Å². The molecule has 256 valence electrons. The van der Waals surface area contributed by atoms with Gasteiger partial charge in [-0.15, -0.1) is 11.3 Å². The minimum Gasteiger partial charge on any atom is -0.455 e. The van der Waals surface area contributed by atoms with Gasteiger partial charge in [0.1, 0.15) is 11.2 Å². The van der Waals surface area contributed by atoms with Gasteiger partial charge in [0.05, 0.1) is 0 Å². The van der Waals surface area contributed by atoms with Crippen LogP contribution in [-0.2, 0) is 0 Å². The van der Waals surface area contributed by atoms with Crippen LogP contribution in [0.4, 0.5) is 0 Å². The molecule has 0 fully saturated rings. The van der Waals surface area contributed by atoms with E-state index in [1.165, 1.54) is 68.6 Å². The maximum absolute atomic E-state index is 6.64. The first-order valence-corrected chi connectivity index (χ1v) is 19.6. The largest absolute Gasteiger partial charge is 0.455 e. The van der Waals surface area contributed by atoms with Crippen molar-refractivity contribution >= 4 is 107 Å². The fourth-order valence-electron chi connectivity index (χ4n) is 8.50. The molecule has 0 aliphatic carbocycles. The highest BCUT2D eigenvalue weighted by Gasteiger charge is 2.15. The Morgan fingerprint density at radius 2 is 0.750 bits per heavy atom. The Morgan fingerprint density at radius 3 is 1.38 bits per heavy atom. The molecule has 2 heteroatoms. The number of furan rings is 1. The number of hydrogen-bond acceptors (Lipinski definition) is 2. The number of benzene rings is 10. The molecule has 1 nitrogen and oxygen atoms in total. The Hall–Kier alpha value is -7.36. The second-order valence-corrected chi connectivity index (χ2v) is 15.6. The minimum absolute atomic E-state index is 0.851. The lowest BCUT2D eigenvalue weighted by Crippen LogP contribution is -1.80. The normalized spacial score (nSPS) is 11.6. The summed E-state index contributed by atoms with van der Waals surface area (Å²) in [6, 6.07) is 60.6. The molecule has 0 atom stereocenters. The molecule has 12 rings (SSSR count). The molecule has 0 saturated heterocycles. The van der Waals surface area contributed by atoms with Crippen LogP contribution in [0.15, 0.2) is 174 Å². The number of hydrogen-bond donors (Lipinski definition) is 0. The zero-order chi connectivity index (χ0) is 36.7. The standard InChI is InChI=1S/C54H28OS/c1-3-7-41-37(5-1)17-19-39-29-33(13-21-43(39)41)9-11-35-15-23-45-47-25-28-50-48(53(47)55-51(45)31-35)26-27-49-46-24-16-36(32-52(46)56-54(49)50)12-10-34-14-22-44-40(30-34)20-18-38-6-2-4-8-42(38)44/h1-8,13-32H. The first kappa shape index (κ1) is 31.0. The van der Waals surface area contributed by atoms with Crippen LogP contribution in [0.25, 0.3) is 96.0 Å². The lowest BCUT2D eigenvalue weighted by atomic mass is 10.00. The number of fused-ring (bicyclic) bond motifs is 15. The summed E-state index contributed by atoms with van der Waals surface area (Å²) >= 11 is 1.83. The molecule has 56 heavy (non-hydrogen) atoms. The highest BCUT2D eigenvalue weighted by molar-refractivity contribution is 7.26. The van der Waals surface area contributed by atoms with E-state index in [0.717, 1.165) is 49.6 Å². The summed E-state index contributed by atoms with van der Waals surface area (Å²) in [6.45, 7) is 0. The van der Waals surface area contributed by atoms with E-state index in [4.69, 9.17) is 4.42 Å². The van der Waals surface area contributed by atoms with E-state index in [9.17, 15) is 0 Å². The monoisotopic (exact) mass is 724 g/mol. The van der Waals surface area contributed by atoms with E-state index >= 15 is 0 Å². The Kier molecular flexibility index (Phi) is 6.69. The predicted molar refractivity (Wildman–Crippen MR) is 239 cm³/mol. The van der Waals surface area contributed by atoms with Gasteiger partial charge in [-0.05, 0) is 110 Å². The van der Waals surface area contributed by atoms with Gasteiger partial charge >= 0.3 is 0 Å². The van der Waals surface area contributed by atoms with Crippen molar-refractivity contribution in [2.24, 2.45) is 0 Å². The van der Waals surface area contributed by atoms with Gasteiger partial charge in [-0.2, -0.15) is 0 Å². The molecular formula is C54H28OS. The second-order valence-electron chi connectivity index (χ2n) is 14.6. The van der Waals surface area contributed by atoms with E-state index in [0.29, 0.717) is 0 Å². The Balaban J connectivity index is 0.881. The van der Waals surface area contributed by atoms with Crippen LogP contribution < -0.4 is 0 Å². The maximum Gasteiger partial charge on any atom is 0.143 e. The average Bonchev–Trinajstić information content (AvgIpc) is 3.82. The van der Waals surface area contributed by atoms with Crippen LogP contribution in [0.1, 0.15) is 22.3 Å². The quantitative estimate of drug-likeness (QED) is 0.112. The lowest BCUT2D eigenvalue weighted by Gasteiger charge is -2.04. The first-order valence-electron chi connectivity index (χ1n) is 18.8. The lowest BCUT2D eigenvalue weighted by molar-refractivity contribution is 0.672. The second kappa shape index (κ2) is 12.1. The van der Waals surface area contributed by atoms with Crippen molar-refractivity contribution in [1.29, 1.82) is 0 Å². The first-order chi connectivity index (χ1) is 27.7. The molecule has 12 aromatic rings. The average molecular weight is 725 g/mol. The van der Waals surface area contributed by atoms with Gasteiger partial charge in [-0.1, -0.05) is 127 Å². The molecule has 0 unspecified atom stereocenters. The smallest absolute Gasteiger partial charge is 0.143 e. The molecule has 0 N–H and O–H groups in total. The van der Waals surface area contributed by atoms with Gasteiger partial charge < -0.3 is 4.42 Å². The molecule has 0 bridgehead atoms. The molecule has 0 aliphatic heterocycles. The molecule has 2 heterocycles. The van der Waals surface area contributed by atoms with Crippen LogP contribution in [0.2, 0.25) is 0 Å². The predicted octanol–water partition coefficient (Wildman–Crippen LogP) is 14.5. The van der Waals surface area contributed by atoms with Gasteiger partial charge in [0.2, 0.25) is 0 Å². The van der Waals surface area contributed by atoms with Crippen molar-refractivity contribution in [2.75, 3.05) is 0 Å². The van der Waals surface area contributed by atoms with Crippen LogP contribution in [-0.4, -0.2) is 0 Å². The van der Waals surface area contributed by atoms with E-state index in [1.807, 2.05) is 11.3 Å². The van der Waals surface area contributed by atoms with Crippen LogP contribution in [0.3, 0.4) is 0 Å². The van der Waals surface area contributed by atoms with Crippen molar-refractivity contribution in [3.05, 3.63) is 192 Å². The number of thiophene rings is 1. The minimum atomic E-state index is 0.851. The molecule has 0 amide bonds. The zero-order valence-electron chi connectivity index (χ0n) is 30.0. The summed E-state index contributed by atoms with van der Waals surface area (Å²) in [7, 11) is 0. The van der Waals surface area contributed by atoms with Gasteiger partial charge in [0.15, 0.2) is 0 Å². The molecule has 2 aromatic heterocycles. The van der Waals surface area contributed by atoms with Crippen LogP contribution in [0, 0.1) is 23.7 Å². The molecular weight excluding hydrogens is 697 g/mol. The maximum atomic E-state index is 6.64. The van der Waals surface area contributed by atoms with Crippen molar-refractivity contribution < 1.29 is 4.42 Å². The molecule has 0 saturated carbocycles. The summed E-state index contributed by atoms with van der Waals surface area (Å²) < 4.78 is 9.14. The topological polar surface area (TPSA) is 13.1 Å². The van der Waals surface area contributed by atoms with E-state index in [2.05, 4.69) is 194 Å². The van der Waals surface area contributed by atoms with Crippen LogP contribution in [0.5, 0.6) is 0 Å². The van der Waals surface area contributed by atoms with Gasteiger partial charge in [0.25, 0.3) is 0 Å². The highest BCUT2D eigenvalue weighted by atomic mass is 32.1. The molecule has 0 radical (unpaired) electrons. The molecule has 0 aliphatic rings. The molecule has 10 aromatic carbocycles.